The number of carbonyl (C=O) groups excluding carboxylic acids is 3. The third kappa shape index (κ3) is 5.00. The van der Waals surface area contributed by atoms with E-state index in [-0.39, 0.29) is 61.4 Å². The van der Waals surface area contributed by atoms with Gasteiger partial charge in [0.25, 0.3) is 5.91 Å². The van der Waals surface area contributed by atoms with Crippen LogP contribution in [0.15, 0.2) is 54.6 Å². The number of piperidine rings is 2. The number of hydrogen-bond donors (Lipinski definition) is 1. The molecule has 224 valence electrons. The van der Waals surface area contributed by atoms with Crippen LogP contribution in [-0.2, 0) is 22.7 Å². The number of anilines is 1. The Balaban J connectivity index is 0.973. The fourth-order valence-corrected chi connectivity index (χ4v) is 6.59. The fraction of sp³-hybridized carbons (Fsp3) is 0.333. The molecule has 3 aromatic carbocycles. The van der Waals surface area contributed by atoms with Crippen LogP contribution in [0.4, 0.5) is 14.5 Å². The predicted molar refractivity (Wildman–Crippen MR) is 153 cm³/mol. The van der Waals surface area contributed by atoms with E-state index in [9.17, 15) is 18.8 Å². The van der Waals surface area contributed by atoms with E-state index in [1.807, 2.05) is 6.07 Å². The van der Waals surface area contributed by atoms with Crippen molar-refractivity contribution in [2.24, 2.45) is 5.92 Å². The molecular weight excluding hydrogens is 570 g/mol. The zero-order valence-electron chi connectivity index (χ0n) is 23.6. The third-order valence-corrected chi connectivity index (χ3v) is 8.98. The Morgan fingerprint density at radius 3 is 2.64 bits per heavy atom. The minimum absolute atomic E-state index is 0.0226. The van der Waals surface area contributed by atoms with Crippen molar-refractivity contribution < 1.29 is 32.6 Å². The molecule has 11 heteroatoms. The first-order valence-corrected chi connectivity index (χ1v) is 14.6. The van der Waals surface area contributed by atoms with Crippen LogP contribution in [0.5, 0.6) is 11.5 Å². The molecule has 44 heavy (non-hydrogen) atoms. The second-order valence-electron chi connectivity index (χ2n) is 11.6. The Labute approximate surface area is 252 Å². The van der Waals surface area contributed by atoms with E-state index in [4.69, 9.17) is 14.7 Å². The first kappa shape index (κ1) is 27.8. The molecule has 3 unspecified atom stereocenters. The topological polar surface area (TPSA) is 112 Å². The van der Waals surface area contributed by atoms with Gasteiger partial charge in [0.15, 0.2) is 0 Å². The Morgan fingerprint density at radius 1 is 1.00 bits per heavy atom. The van der Waals surface area contributed by atoms with E-state index < -0.39 is 23.6 Å². The summed E-state index contributed by atoms with van der Waals surface area (Å²) in [4.78, 5) is 40.6. The lowest BCUT2D eigenvalue weighted by Gasteiger charge is -2.33. The third-order valence-electron chi connectivity index (χ3n) is 8.98. The summed E-state index contributed by atoms with van der Waals surface area (Å²) in [5.41, 5.74) is 2.14. The number of carbonyl (C=O) groups is 3. The second-order valence-corrected chi connectivity index (χ2v) is 11.6. The molecule has 1 aliphatic carbocycles. The molecule has 7 rings (SSSR count). The highest BCUT2D eigenvalue weighted by Gasteiger charge is 2.51. The van der Waals surface area contributed by atoms with Crippen molar-refractivity contribution in [3.8, 4) is 17.6 Å². The monoisotopic (exact) mass is 598 g/mol. The molecule has 9 nitrogen and oxygen atoms in total. The number of rotatable bonds is 7. The van der Waals surface area contributed by atoms with Gasteiger partial charge < -0.3 is 19.3 Å². The number of hydrogen-bond acceptors (Lipinski definition) is 7. The highest BCUT2D eigenvalue weighted by atomic mass is 19.1. The maximum absolute atomic E-state index is 15.2. The maximum Gasteiger partial charge on any atom is 0.255 e. The summed E-state index contributed by atoms with van der Waals surface area (Å²) < 4.78 is 41.5. The van der Waals surface area contributed by atoms with Gasteiger partial charge in [0, 0.05) is 59.8 Å². The first-order valence-electron chi connectivity index (χ1n) is 14.6. The zero-order chi connectivity index (χ0) is 30.5. The summed E-state index contributed by atoms with van der Waals surface area (Å²) >= 11 is 0. The number of ether oxygens (including phenoxy) is 2. The predicted octanol–water partition coefficient (Wildman–Crippen LogP) is 4.22. The van der Waals surface area contributed by atoms with E-state index in [1.165, 1.54) is 23.1 Å². The van der Waals surface area contributed by atoms with Gasteiger partial charge in [0.2, 0.25) is 11.8 Å². The number of fused-ring (bicyclic) bond motifs is 2. The lowest BCUT2D eigenvalue weighted by Crippen LogP contribution is -2.52. The van der Waals surface area contributed by atoms with Crippen LogP contribution < -0.4 is 19.7 Å². The molecule has 3 aromatic rings. The zero-order valence-corrected chi connectivity index (χ0v) is 23.6. The van der Waals surface area contributed by atoms with E-state index >= 15 is 4.39 Å². The second kappa shape index (κ2) is 10.9. The fourth-order valence-electron chi connectivity index (χ4n) is 6.59. The average molecular weight is 599 g/mol. The number of amides is 3. The smallest absolute Gasteiger partial charge is 0.255 e. The standard InChI is InChI=1S/C33H28F2N4O5/c34-25-12-20(6-4-18(25)15-36)38-11-10-30(23-14-28(23)38)44-21-7-5-19(26(35)13-21)17-43-29-3-1-2-22-24(29)16-39(33(22)42)27-8-9-31(40)37-32(27)41/h1-7,12-13,23,27-28,30H,8-11,14,16-17H2,(H,37,40,41)/t23?,27-,28?,30?/m0/s1. The van der Waals surface area contributed by atoms with Crippen molar-refractivity contribution >= 4 is 23.4 Å². The van der Waals surface area contributed by atoms with Crippen LogP contribution in [0, 0.1) is 28.9 Å². The quantitative estimate of drug-likeness (QED) is 0.406. The van der Waals surface area contributed by atoms with E-state index in [0.717, 1.165) is 12.1 Å². The first-order chi connectivity index (χ1) is 21.3. The van der Waals surface area contributed by atoms with Crippen LogP contribution in [0.2, 0.25) is 0 Å². The van der Waals surface area contributed by atoms with Crippen LogP contribution in [0.3, 0.4) is 0 Å². The van der Waals surface area contributed by atoms with Gasteiger partial charge in [-0.15, -0.1) is 0 Å². The molecule has 3 fully saturated rings. The molecule has 0 radical (unpaired) electrons. The van der Waals surface area contributed by atoms with Crippen molar-refractivity contribution in [1.82, 2.24) is 10.2 Å². The molecule has 0 bridgehead atoms. The molecule has 4 aliphatic rings. The molecule has 0 aromatic heterocycles. The Bertz CT molecular complexity index is 1740. The SMILES string of the molecule is N#Cc1ccc(N2CCC(Oc3ccc(COc4cccc5c4CN([C@H]4CCC(=O)NC4=O)C5=O)c(F)c3)C3CC32)cc1F. The normalized spacial score (nSPS) is 23.9. The highest BCUT2D eigenvalue weighted by molar-refractivity contribution is 6.05. The number of halogens is 2. The lowest BCUT2D eigenvalue weighted by molar-refractivity contribution is -0.136. The highest BCUT2D eigenvalue weighted by Crippen LogP contribution is 2.47. The van der Waals surface area contributed by atoms with Crippen molar-refractivity contribution in [3.05, 3.63) is 88.5 Å². The van der Waals surface area contributed by atoms with Crippen molar-refractivity contribution in [2.45, 2.75) is 57.0 Å². The summed E-state index contributed by atoms with van der Waals surface area (Å²) in [5.74, 6) is -1.05. The maximum atomic E-state index is 15.2. The summed E-state index contributed by atoms with van der Waals surface area (Å²) in [6.45, 7) is 0.753. The summed E-state index contributed by atoms with van der Waals surface area (Å²) in [6, 6.07) is 15.7. The van der Waals surface area contributed by atoms with Crippen molar-refractivity contribution in [2.75, 3.05) is 11.4 Å². The van der Waals surface area contributed by atoms with Gasteiger partial charge in [0.1, 0.15) is 48.0 Å². The molecular formula is C33H28F2N4O5. The van der Waals surface area contributed by atoms with Gasteiger partial charge in [0.05, 0.1) is 12.1 Å². The number of nitriles is 1. The van der Waals surface area contributed by atoms with Gasteiger partial charge >= 0.3 is 0 Å². The number of benzene rings is 3. The van der Waals surface area contributed by atoms with Crippen molar-refractivity contribution in [1.29, 1.82) is 5.26 Å². The molecule has 3 amide bonds. The van der Waals surface area contributed by atoms with Crippen LogP contribution in [0.25, 0.3) is 0 Å². The molecule has 3 aliphatic heterocycles. The minimum atomic E-state index is -0.734. The number of nitrogens with one attached hydrogen (secondary N) is 1. The number of imide groups is 1. The molecule has 1 N–H and O–H groups in total. The Hall–Kier alpha value is -4.98. The van der Waals surface area contributed by atoms with Crippen molar-refractivity contribution in [3.63, 3.8) is 0 Å². The summed E-state index contributed by atoms with van der Waals surface area (Å²) in [7, 11) is 0. The van der Waals surface area contributed by atoms with Gasteiger partial charge in [-0.2, -0.15) is 5.26 Å². The van der Waals surface area contributed by atoms with Crippen LogP contribution in [-0.4, -0.2) is 47.4 Å². The summed E-state index contributed by atoms with van der Waals surface area (Å²) in [6.07, 6.45) is 1.93. The van der Waals surface area contributed by atoms with E-state index in [2.05, 4.69) is 10.2 Å². The molecule has 1 saturated carbocycles. The van der Waals surface area contributed by atoms with Gasteiger partial charge in [-0.3, -0.25) is 19.7 Å². The summed E-state index contributed by atoms with van der Waals surface area (Å²) in [5, 5.41) is 11.3. The van der Waals surface area contributed by atoms with Gasteiger partial charge in [-0.25, -0.2) is 8.78 Å². The van der Waals surface area contributed by atoms with Crippen LogP contribution >= 0.6 is 0 Å². The Morgan fingerprint density at radius 2 is 1.86 bits per heavy atom. The van der Waals surface area contributed by atoms with E-state index in [1.54, 1.807) is 36.4 Å². The number of nitrogens with zero attached hydrogens (tertiary/aromatic N) is 3. The van der Waals surface area contributed by atoms with Gasteiger partial charge in [-0.1, -0.05) is 6.07 Å². The molecule has 4 atom stereocenters. The Kier molecular flexibility index (Phi) is 6.92. The van der Waals surface area contributed by atoms with Gasteiger partial charge in [-0.05, 0) is 55.3 Å². The molecule has 2 saturated heterocycles. The van der Waals surface area contributed by atoms with E-state index in [0.29, 0.717) is 41.2 Å². The average Bonchev–Trinajstić information content (AvgIpc) is 3.75. The largest absolute Gasteiger partial charge is 0.490 e. The molecule has 3 heterocycles. The van der Waals surface area contributed by atoms with Crippen LogP contribution in [0.1, 0.15) is 52.7 Å². The molecule has 0 spiro atoms. The minimum Gasteiger partial charge on any atom is -0.490 e. The lowest BCUT2D eigenvalue weighted by atomic mass is 10.0.